The van der Waals surface area contributed by atoms with Gasteiger partial charge in [0.1, 0.15) is 11.6 Å². The number of rotatable bonds is 4. The number of nitrogens with zero attached hydrogens (tertiary/aromatic N) is 2. The van der Waals surface area contributed by atoms with Gasteiger partial charge < -0.3 is 5.32 Å². The molecule has 0 aromatic carbocycles. The third kappa shape index (κ3) is 3.02. The number of aromatic nitrogens is 2. The highest BCUT2D eigenvalue weighted by atomic mass is 79.9. The molecule has 1 N–H and O–H groups in total. The number of hydrogen-bond donors (Lipinski definition) is 1. The summed E-state index contributed by atoms with van der Waals surface area (Å²) in [7, 11) is 1.92. The Balaban J connectivity index is 2.31. The van der Waals surface area contributed by atoms with Crippen LogP contribution in [0.25, 0.3) is 0 Å². The van der Waals surface area contributed by atoms with Crippen molar-refractivity contribution >= 4 is 21.7 Å². The quantitative estimate of drug-likeness (QED) is 0.901. The molecule has 1 heterocycles. The summed E-state index contributed by atoms with van der Waals surface area (Å²) in [5.74, 6) is 2.55. The number of aryl methyl sites for hydroxylation is 1. The molecule has 1 aliphatic rings. The number of nitrogens with one attached hydrogen (secondary N) is 1. The van der Waals surface area contributed by atoms with Gasteiger partial charge in [-0.2, -0.15) is 0 Å². The fraction of sp³-hybridized carbons (Fsp3) is 0.714. The molecular weight excluding hydrogens is 290 g/mol. The van der Waals surface area contributed by atoms with E-state index in [9.17, 15) is 0 Å². The van der Waals surface area contributed by atoms with Gasteiger partial charge in [-0.05, 0) is 35.2 Å². The highest BCUT2D eigenvalue weighted by Crippen LogP contribution is 2.33. The second-order valence-electron chi connectivity index (χ2n) is 5.03. The molecule has 100 valence electrons. The van der Waals surface area contributed by atoms with Crippen LogP contribution in [-0.4, -0.2) is 17.0 Å². The van der Waals surface area contributed by atoms with Crippen LogP contribution in [-0.2, 0) is 6.42 Å². The largest absolute Gasteiger partial charge is 0.372 e. The first-order chi connectivity index (χ1) is 8.76. The van der Waals surface area contributed by atoms with Crippen LogP contribution in [0.15, 0.2) is 4.47 Å². The fourth-order valence-corrected chi connectivity index (χ4v) is 3.20. The van der Waals surface area contributed by atoms with Crippen molar-refractivity contribution in [3.05, 3.63) is 16.0 Å². The molecular formula is C14H22BrN3. The predicted molar refractivity (Wildman–Crippen MR) is 79.1 cm³/mol. The number of halogens is 1. The van der Waals surface area contributed by atoms with E-state index in [1.165, 1.54) is 32.1 Å². The summed E-state index contributed by atoms with van der Waals surface area (Å²) in [5, 5.41) is 3.18. The molecule has 1 aliphatic carbocycles. The molecule has 0 bridgehead atoms. The van der Waals surface area contributed by atoms with Gasteiger partial charge >= 0.3 is 0 Å². The first-order valence-electron chi connectivity index (χ1n) is 7.00. The summed E-state index contributed by atoms with van der Waals surface area (Å²) in [6, 6.07) is 0. The summed E-state index contributed by atoms with van der Waals surface area (Å²) in [4.78, 5) is 9.48. The molecule has 4 heteroatoms. The van der Waals surface area contributed by atoms with Gasteiger partial charge in [-0.3, -0.25) is 0 Å². The molecule has 3 nitrogen and oxygen atoms in total. The molecule has 1 aromatic heterocycles. The zero-order chi connectivity index (χ0) is 13.0. The predicted octanol–water partition coefficient (Wildman–Crippen LogP) is 4.28. The van der Waals surface area contributed by atoms with E-state index in [-0.39, 0.29) is 0 Å². The fourth-order valence-electron chi connectivity index (χ4n) is 2.62. The molecule has 1 aromatic rings. The molecule has 1 fully saturated rings. The lowest BCUT2D eigenvalue weighted by Gasteiger charge is -2.21. The van der Waals surface area contributed by atoms with Crippen LogP contribution >= 0.6 is 15.9 Å². The van der Waals surface area contributed by atoms with Crippen LogP contribution in [0.1, 0.15) is 62.9 Å². The molecule has 0 spiro atoms. The van der Waals surface area contributed by atoms with E-state index in [0.29, 0.717) is 5.92 Å². The second kappa shape index (κ2) is 6.50. The molecule has 0 radical (unpaired) electrons. The van der Waals surface area contributed by atoms with E-state index in [0.717, 1.165) is 34.7 Å². The van der Waals surface area contributed by atoms with Gasteiger partial charge in [-0.15, -0.1) is 0 Å². The van der Waals surface area contributed by atoms with Crippen molar-refractivity contribution in [2.75, 3.05) is 12.4 Å². The Kier molecular flexibility index (Phi) is 4.98. The van der Waals surface area contributed by atoms with E-state index in [1.807, 2.05) is 7.05 Å². The second-order valence-corrected chi connectivity index (χ2v) is 5.82. The molecule has 0 amide bonds. The van der Waals surface area contributed by atoms with Crippen molar-refractivity contribution < 1.29 is 0 Å². The normalized spacial score (nSPS) is 16.8. The lowest BCUT2D eigenvalue weighted by Crippen LogP contribution is -2.12. The summed E-state index contributed by atoms with van der Waals surface area (Å²) in [6.45, 7) is 2.19. The molecule has 18 heavy (non-hydrogen) atoms. The van der Waals surface area contributed by atoms with Crippen molar-refractivity contribution in [3.8, 4) is 0 Å². The number of hydrogen-bond acceptors (Lipinski definition) is 3. The Hall–Kier alpha value is -0.640. The van der Waals surface area contributed by atoms with Gasteiger partial charge in [0.05, 0.1) is 10.2 Å². The van der Waals surface area contributed by atoms with Crippen molar-refractivity contribution in [2.45, 2.75) is 57.8 Å². The van der Waals surface area contributed by atoms with Crippen LogP contribution in [0.2, 0.25) is 0 Å². The van der Waals surface area contributed by atoms with Crippen molar-refractivity contribution in [1.29, 1.82) is 0 Å². The molecule has 0 saturated heterocycles. The van der Waals surface area contributed by atoms with Gasteiger partial charge in [0, 0.05) is 13.0 Å². The van der Waals surface area contributed by atoms with Crippen LogP contribution < -0.4 is 5.32 Å². The zero-order valence-electron chi connectivity index (χ0n) is 11.3. The van der Waals surface area contributed by atoms with Gasteiger partial charge in [-0.1, -0.05) is 32.6 Å². The van der Waals surface area contributed by atoms with Crippen molar-refractivity contribution in [2.24, 2.45) is 0 Å². The Labute approximate surface area is 118 Å². The SMILES string of the molecule is CCCc1nc(C2CCCCC2)nc(NC)c1Br. The van der Waals surface area contributed by atoms with Crippen molar-refractivity contribution in [1.82, 2.24) is 9.97 Å². The van der Waals surface area contributed by atoms with Crippen molar-refractivity contribution in [3.63, 3.8) is 0 Å². The van der Waals surface area contributed by atoms with E-state index >= 15 is 0 Å². The van der Waals surface area contributed by atoms with E-state index in [1.54, 1.807) is 0 Å². The number of anilines is 1. The summed E-state index contributed by atoms with van der Waals surface area (Å²) >= 11 is 3.61. The van der Waals surface area contributed by atoms with Gasteiger partial charge in [0.2, 0.25) is 0 Å². The smallest absolute Gasteiger partial charge is 0.144 e. The highest BCUT2D eigenvalue weighted by Gasteiger charge is 2.20. The monoisotopic (exact) mass is 311 g/mol. The lowest BCUT2D eigenvalue weighted by atomic mass is 9.88. The van der Waals surface area contributed by atoms with Crippen LogP contribution in [0, 0.1) is 0 Å². The third-order valence-corrected chi connectivity index (χ3v) is 4.46. The van der Waals surface area contributed by atoms with Gasteiger partial charge in [-0.25, -0.2) is 9.97 Å². The molecule has 0 aliphatic heterocycles. The molecule has 2 rings (SSSR count). The third-order valence-electron chi connectivity index (χ3n) is 3.63. The Morgan fingerprint density at radius 1 is 1.22 bits per heavy atom. The Morgan fingerprint density at radius 3 is 2.56 bits per heavy atom. The Morgan fingerprint density at radius 2 is 1.94 bits per heavy atom. The minimum Gasteiger partial charge on any atom is -0.372 e. The molecule has 0 atom stereocenters. The van der Waals surface area contributed by atoms with E-state index in [2.05, 4.69) is 33.2 Å². The minimum absolute atomic E-state index is 0.564. The zero-order valence-corrected chi connectivity index (χ0v) is 12.9. The van der Waals surface area contributed by atoms with Gasteiger partial charge in [0.25, 0.3) is 0 Å². The van der Waals surface area contributed by atoms with E-state index < -0.39 is 0 Å². The summed E-state index contributed by atoms with van der Waals surface area (Å²) < 4.78 is 1.03. The Bertz CT molecular complexity index is 400. The maximum atomic E-state index is 4.80. The van der Waals surface area contributed by atoms with Crippen LogP contribution in [0.3, 0.4) is 0 Å². The summed E-state index contributed by atoms with van der Waals surface area (Å²) in [5.41, 5.74) is 1.15. The maximum absolute atomic E-state index is 4.80. The highest BCUT2D eigenvalue weighted by molar-refractivity contribution is 9.10. The first-order valence-corrected chi connectivity index (χ1v) is 7.79. The van der Waals surface area contributed by atoms with E-state index in [4.69, 9.17) is 4.98 Å². The molecule has 0 unspecified atom stereocenters. The van der Waals surface area contributed by atoms with Gasteiger partial charge in [0.15, 0.2) is 0 Å². The lowest BCUT2D eigenvalue weighted by molar-refractivity contribution is 0.427. The standard InChI is InChI=1S/C14H22BrN3/c1-3-7-11-12(15)14(16-2)18-13(17-11)10-8-5-4-6-9-10/h10H,3-9H2,1-2H3,(H,16,17,18). The topological polar surface area (TPSA) is 37.8 Å². The molecule has 1 saturated carbocycles. The average molecular weight is 312 g/mol. The maximum Gasteiger partial charge on any atom is 0.144 e. The van der Waals surface area contributed by atoms with Crippen LogP contribution in [0.4, 0.5) is 5.82 Å². The first kappa shape index (κ1) is 13.8. The minimum atomic E-state index is 0.564. The average Bonchev–Trinajstić information content (AvgIpc) is 2.42. The summed E-state index contributed by atoms with van der Waals surface area (Å²) in [6.07, 6.45) is 8.63. The van der Waals surface area contributed by atoms with Crippen LogP contribution in [0.5, 0.6) is 0 Å².